The molecule has 3 nitrogen and oxygen atoms in total. The van der Waals surface area contributed by atoms with Crippen molar-refractivity contribution in [3.8, 4) is 5.75 Å². The third kappa shape index (κ3) is 3.96. The van der Waals surface area contributed by atoms with Crippen LogP contribution in [-0.4, -0.2) is 11.1 Å². The van der Waals surface area contributed by atoms with Crippen molar-refractivity contribution < 1.29 is 14.6 Å². The lowest BCUT2D eigenvalue weighted by Crippen LogP contribution is -1.95. The molecular weight excluding hydrogens is 260 g/mol. The molecule has 0 spiro atoms. The summed E-state index contributed by atoms with van der Waals surface area (Å²) in [7, 11) is 0. The molecule has 1 N–H and O–H groups in total. The van der Waals surface area contributed by atoms with Crippen LogP contribution in [-0.2, 0) is 11.4 Å². The number of carboxylic acids is 1. The molecule has 0 saturated carbocycles. The van der Waals surface area contributed by atoms with Gasteiger partial charge in [0.2, 0.25) is 0 Å². The van der Waals surface area contributed by atoms with Crippen molar-refractivity contribution >= 4 is 23.4 Å². The Bertz CT molecular complexity index is 582. The highest BCUT2D eigenvalue weighted by Gasteiger charge is 2.03. The number of aryl methyl sites for hydroxylation is 1. The number of rotatable bonds is 5. The van der Waals surface area contributed by atoms with Gasteiger partial charge in [0.05, 0.1) is 0 Å². The summed E-state index contributed by atoms with van der Waals surface area (Å²) in [5.41, 5.74) is 2.08. The molecule has 0 bridgehead atoms. The molecule has 0 aliphatic carbocycles. The second-order valence-electron chi connectivity index (χ2n) is 4.07. The van der Waals surface area contributed by atoms with Crippen LogP contribution >= 0.6 is 11.3 Å². The number of aliphatic carboxylic acids is 1. The molecule has 0 unspecified atom stereocenters. The summed E-state index contributed by atoms with van der Waals surface area (Å²) in [4.78, 5) is 11.5. The first kappa shape index (κ1) is 13.4. The first-order valence-corrected chi connectivity index (χ1v) is 6.70. The molecular formula is C15H14O3S. The largest absolute Gasteiger partial charge is 0.488 e. The zero-order valence-electron chi connectivity index (χ0n) is 10.5. The molecule has 0 saturated heterocycles. The van der Waals surface area contributed by atoms with E-state index in [4.69, 9.17) is 9.84 Å². The Morgan fingerprint density at radius 2 is 2.05 bits per heavy atom. The highest BCUT2D eigenvalue weighted by molar-refractivity contribution is 7.10. The minimum atomic E-state index is -0.948. The van der Waals surface area contributed by atoms with Crippen molar-refractivity contribution in [1.29, 1.82) is 0 Å². The molecule has 4 heteroatoms. The number of hydrogen-bond acceptors (Lipinski definition) is 3. The zero-order chi connectivity index (χ0) is 13.7. The molecule has 19 heavy (non-hydrogen) atoms. The average Bonchev–Trinajstić information content (AvgIpc) is 2.83. The van der Waals surface area contributed by atoms with Crippen molar-refractivity contribution in [2.75, 3.05) is 0 Å². The topological polar surface area (TPSA) is 46.5 Å². The van der Waals surface area contributed by atoms with E-state index in [1.165, 1.54) is 5.56 Å². The van der Waals surface area contributed by atoms with E-state index in [0.717, 1.165) is 22.3 Å². The van der Waals surface area contributed by atoms with Crippen LogP contribution in [0.3, 0.4) is 0 Å². The van der Waals surface area contributed by atoms with E-state index in [-0.39, 0.29) is 0 Å². The average molecular weight is 274 g/mol. The molecule has 0 fully saturated rings. The smallest absolute Gasteiger partial charge is 0.328 e. The summed E-state index contributed by atoms with van der Waals surface area (Å²) in [6, 6.07) is 9.73. The minimum Gasteiger partial charge on any atom is -0.488 e. The Morgan fingerprint density at radius 1 is 1.32 bits per heavy atom. The van der Waals surface area contributed by atoms with E-state index in [0.29, 0.717) is 6.61 Å². The highest BCUT2D eigenvalue weighted by Crippen LogP contribution is 2.21. The van der Waals surface area contributed by atoms with Crippen LogP contribution in [0.4, 0.5) is 0 Å². The van der Waals surface area contributed by atoms with Crippen LogP contribution in [0.25, 0.3) is 6.08 Å². The van der Waals surface area contributed by atoms with Crippen LogP contribution in [0.2, 0.25) is 0 Å². The van der Waals surface area contributed by atoms with E-state index < -0.39 is 5.97 Å². The van der Waals surface area contributed by atoms with Crippen LogP contribution in [0.5, 0.6) is 5.75 Å². The molecule has 2 aromatic rings. The lowest BCUT2D eigenvalue weighted by atomic mass is 10.2. The van der Waals surface area contributed by atoms with E-state index in [1.54, 1.807) is 17.4 Å². The highest BCUT2D eigenvalue weighted by atomic mass is 32.1. The maximum absolute atomic E-state index is 10.5. The maximum atomic E-state index is 10.5. The number of benzene rings is 1. The lowest BCUT2D eigenvalue weighted by Gasteiger charge is -2.05. The molecule has 1 heterocycles. The van der Waals surface area contributed by atoms with Gasteiger partial charge in [-0.25, -0.2) is 4.79 Å². The van der Waals surface area contributed by atoms with Gasteiger partial charge in [-0.2, -0.15) is 0 Å². The third-order valence-electron chi connectivity index (χ3n) is 2.58. The minimum absolute atomic E-state index is 0.444. The fourth-order valence-corrected chi connectivity index (χ4v) is 2.34. The van der Waals surface area contributed by atoms with Crippen LogP contribution in [0.1, 0.15) is 16.0 Å². The fourth-order valence-electron chi connectivity index (χ4n) is 1.56. The molecule has 0 atom stereocenters. The molecule has 1 aromatic heterocycles. The van der Waals surface area contributed by atoms with Gasteiger partial charge in [0.1, 0.15) is 12.4 Å². The van der Waals surface area contributed by atoms with E-state index in [1.807, 2.05) is 42.6 Å². The first-order chi connectivity index (χ1) is 9.15. The van der Waals surface area contributed by atoms with Gasteiger partial charge in [0.15, 0.2) is 0 Å². The quantitative estimate of drug-likeness (QED) is 0.845. The van der Waals surface area contributed by atoms with E-state index >= 15 is 0 Å². The SMILES string of the molecule is Cc1ccc(OCc2sccc2C=CC(=O)O)cc1. The van der Waals surface area contributed by atoms with Crippen LogP contribution in [0, 0.1) is 6.92 Å². The number of ether oxygens (including phenoxy) is 1. The maximum Gasteiger partial charge on any atom is 0.328 e. The Hall–Kier alpha value is -2.07. The zero-order valence-corrected chi connectivity index (χ0v) is 11.3. The molecule has 0 radical (unpaired) electrons. The monoisotopic (exact) mass is 274 g/mol. The standard InChI is InChI=1S/C15H14O3S/c1-11-2-5-13(6-3-11)18-10-14-12(8-9-19-14)4-7-15(16)17/h2-9H,10H2,1H3,(H,16,17). The Balaban J connectivity index is 2.02. The summed E-state index contributed by atoms with van der Waals surface area (Å²) in [6.07, 6.45) is 2.73. The summed E-state index contributed by atoms with van der Waals surface area (Å²) in [5, 5.41) is 10.5. The van der Waals surface area contributed by atoms with Gasteiger partial charge in [0, 0.05) is 11.0 Å². The Kier molecular flexibility index (Phi) is 4.36. The lowest BCUT2D eigenvalue weighted by molar-refractivity contribution is -0.131. The molecule has 0 aliphatic rings. The van der Waals surface area contributed by atoms with E-state index in [2.05, 4.69) is 0 Å². The fraction of sp³-hybridized carbons (Fsp3) is 0.133. The normalized spacial score (nSPS) is 10.8. The third-order valence-corrected chi connectivity index (χ3v) is 3.49. The number of carbonyl (C=O) groups is 1. The van der Waals surface area contributed by atoms with Crippen molar-refractivity contribution in [3.05, 3.63) is 57.8 Å². The number of thiophene rings is 1. The van der Waals surface area contributed by atoms with Gasteiger partial charge in [-0.1, -0.05) is 17.7 Å². The molecule has 98 valence electrons. The van der Waals surface area contributed by atoms with Gasteiger partial charge in [-0.3, -0.25) is 0 Å². The van der Waals surface area contributed by atoms with Crippen molar-refractivity contribution in [2.45, 2.75) is 13.5 Å². The molecule has 2 rings (SSSR count). The summed E-state index contributed by atoms with van der Waals surface area (Å²) in [6.45, 7) is 2.47. The van der Waals surface area contributed by atoms with Crippen LogP contribution < -0.4 is 4.74 Å². The Morgan fingerprint density at radius 3 is 2.74 bits per heavy atom. The van der Waals surface area contributed by atoms with Gasteiger partial charge in [-0.15, -0.1) is 11.3 Å². The van der Waals surface area contributed by atoms with Crippen LogP contribution in [0.15, 0.2) is 41.8 Å². The van der Waals surface area contributed by atoms with Crippen molar-refractivity contribution in [1.82, 2.24) is 0 Å². The second kappa shape index (κ2) is 6.20. The van der Waals surface area contributed by atoms with Gasteiger partial charge in [0.25, 0.3) is 0 Å². The summed E-state index contributed by atoms with van der Waals surface area (Å²) < 4.78 is 5.68. The Labute approximate surface area is 115 Å². The van der Waals surface area contributed by atoms with Crippen molar-refractivity contribution in [2.24, 2.45) is 0 Å². The van der Waals surface area contributed by atoms with Gasteiger partial charge in [-0.05, 0) is 42.1 Å². The second-order valence-corrected chi connectivity index (χ2v) is 5.07. The van der Waals surface area contributed by atoms with E-state index in [9.17, 15) is 4.79 Å². The molecule has 1 aromatic carbocycles. The predicted octanol–water partition coefficient (Wildman–Crippen LogP) is 3.73. The molecule has 0 amide bonds. The summed E-state index contributed by atoms with van der Waals surface area (Å²) in [5.74, 6) is -0.135. The predicted molar refractivity (Wildman–Crippen MR) is 76.5 cm³/mol. The molecule has 0 aliphatic heterocycles. The van der Waals surface area contributed by atoms with Gasteiger partial charge < -0.3 is 9.84 Å². The van der Waals surface area contributed by atoms with Gasteiger partial charge >= 0.3 is 5.97 Å². The van der Waals surface area contributed by atoms with Crippen molar-refractivity contribution in [3.63, 3.8) is 0 Å². The number of carboxylic acid groups (broad SMARTS) is 1. The summed E-state index contributed by atoms with van der Waals surface area (Å²) >= 11 is 1.55. The first-order valence-electron chi connectivity index (χ1n) is 5.82. The number of hydrogen-bond donors (Lipinski definition) is 1.